The number of nitrogen functional groups attached to an aromatic ring is 1. The van der Waals surface area contributed by atoms with Gasteiger partial charge in [-0.15, -0.1) is 0 Å². The van der Waals surface area contributed by atoms with Crippen LogP contribution in [0.25, 0.3) is 10.9 Å². The van der Waals surface area contributed by atoms with Crippen LogP contribution in [0.2, 0.25) is 0 Å². The molecule has 2 rings (SSSR count). The van der Waals surface area contributed by atoms with Crippen molar-refractivity contribution >= 4 is 32.5 Å². The molecule has 2 N–H and O–H groups in total. The predicted octanol–water partition coefficient (Wildman–Crippen LogP) is 4.02. The Kier molecular flexibility index (Phi) is 2.86. The Bertz CT molecular complexity index is 588. The Morgan fingerprint density at radius 1 is 1.24 bits per heavy atom. The van der Waals surface area contributed by atoms with Gasteiger partial charge in [0.2, 0.25) is 0 Å². The van der Waals surface area contributed by atoms with E-state index in [-0.39, 0.29) is 11.2 Å². The monoisotopic (exact) mass is 296 g/mol. The van der Waals surface area contributed by atoms with Crippen molar-refractivity contribution < 1.29 is 4.39 Å². The van der Waals surface area contributed by atoms with Crippen LogP contribution in [0.1, 0.15) is 26.5 Å². The molecular formula is C13H14BrFN2. The number of fused-ring (bicyclic) bond motifs is 1. The lowest BCUT2D eigenvalue weighted by atomic mass is 9.91. The maximum Gasteiger partial charge on any atom is 0.139 e. The molecule has 0 fully saturated rings. The Hall–Kier alpha value is -1.16. The average Bonchev–Trinajstić information content (AvgIpc) is 2.19. The fourth-order valence-corrected chi connectivity index (χ4v) is 1.97. The number of nitrogens with zero attached hydrogens (tertiary/aromatic N) is 1. The quantitative estimate of drug-likeness (QED) is 0.797. The molecule has 0 aliphatic carbocycles. The van der Waals surface area contributed by atoms with Gasteiger partial charge in [0.05, 0.1) is 9.99 Å². The van der Waals surface area contributed by atoms with Gasteiger partial charge in [0.15, 0.2) is 0 Å². The van der Waals surface area contributed by atoms with E-state index in [1.54, 1.807) is 6.07 Å². The Balaban J connectivity index is 2.78. The first-order valence-corrected chi connectivity index (χ1v) is 6.14. The lowest BCUT2D eigenvalue weighted by molar-refractivity contribution is 0.571. The molecule has 2 nitrogen and oxygen atoms in total. The van der Waals surface area contributed by atoms with Gasteiger partial charge < -0.3 is 5.73 Å². The molecule has 0 amide bonds. The molecule has 0 unspecified atom stereocenters. The van der Waals surface area contributed by atoms with Crippen molar-refractivity contribution in [3.8, 4) is 0 Å². The number of hydrogen-bond acceptors (Lipinski definition) is 2. The number of rotatable bonds is 0. The molecule has 0 aliphatic heterocycles. The summed E-state index contributed by atoms with van der Waals surface area (Å²) >= 11 is 3.15. The van der Waals surface area contributed by atoms with E-state index in [0.717, 1.165) is 11.1 Å². The van der Waals surface area contributed by atoms with E-state index in [4.69, 9.17) is 5.73 Å². The Morgan fingerprint density at radius 2 is 1.88 bits per heavy atom. The van der Waals surface area contributed by atoms with Crippen LogP contribution in [-0.2, 0) is 5.41 Å². The highest BCUT2D eigenvalue weighted by molar-refractivity contribution is 9.10. The molecule has 0 atom stereocenters. The Labute approximate surface area is 108 Å². The number of benzene rings is 1. The van der Waals surface area contributed by atoms with Crippen molar-refractivity contribution in [2.45, 2.75) is 26.2 Å². The summed E-state index contributed by atoms with van der Waals surface area (Å²) in [5, 5.41) is 0.770. The predicted molar refractivity (Wildman–Crippen MR) is 72.5 cm³/mol. The van der Waals surface area contributed by atoms with Crippen LogP contribution in [0.3, 0.4) is 0 Å². The highest BCUT2D eigenvalue weighted by atomic mass is 79.9. The number of anilines is 1. The summed E-state index contributed by atoms with van der Waals surface area (Å²) in [6.07, 6.45) is 0. The molecule has 17 heavy (non-hydrogen) atoms. The zero-order valence-corrected chi connectivity index (χ0v) is 11.6. The molecule has 0 aliphatic rings. The van der Waals surface area contributed by atoms with Crippen LogP contribution in [0, 0.1) is 5.82 Å². The van der Waals surface area contributed by atoms with Gasteiger partial charge in [-0.3, -0.25) is 4.98 Å². The summed E-state index contributed by atoms with van der Waals surface area (Å²) in [4.78, 5) is 4.47. The van der Waals surface area contributed by atoms with Gasteiger partial charge >= 0.3 is 0 Å². The third-order valence-corrected chi connectivity index (χ3v) is 3.26. The first-order chi connectivity index (χ1) is 7.79. The molecule has 90 valence electrons. The van der Waals surface area contributed by atoms with Gasteiger partial charge in [-0.2, -0.15) is 0 Å². The summed E-state index contributed by atoms with van der Waals surface area (Å²) in [6.45, 7) is 6.15. The lowest BCUT2D eigenvalue weighted by Crippen LogP contribution is -2.14. The van der Waals surface area contributed by atoms with Crippen LogP contribution >= 0.6 is 15.9 Å². The van der Waals surface area contributed by atoms with Crippen molar-refractivity contribution in [3.05, 3.63) is 34.2 Å². The molecule has 0 radical (unpaired) electrons. The van der Waals surface area contributed by atoms with Crippen LogP contribution in [0.5, 0.6) is 0 Å². The standard InChI is InChI=1S/C13H14BrFN2/c1-13(2,3)12-6-10(16)7-4-8(14)9(15)5-11(7)17-12/h4-6H,1-3H3,(H2,16,17). The van der Waals surface area contributed by atoms with E-state index in [1.165, 1.54) is 6.07 Å². The smallest absolute Gasteiger partial charge is 0.139 e. The third kappa shape index (κ3) is 2.27. The lowest BCUT2D eigenvalue weighted by Gasteiger charge is -2.19. The van der Waals surface area contributed by atoms with Gasteiger partial charge in [-0.1, -0.05) is 20.8 Å². The van der Waals surface area contributed by atoms with E-state index >= 15 is 0 Å². The normalized spacial score (nSPS) is 12.1. The van der Waals surface area contributed by atoms with Gasteiger partial charge in [0.25, 0.3) is 0 Å². The second kappa shape index (κ2) is 3.95. The van der Waals surface area contributed by atoms with E-state index in [2.05, 4.69) is 41.7 Å². The van der Waals surface area contributed by atoms with Crippen molar-refractivity contribution in [3.63, 3.8) is 0 Å². The number of pyridine rings is 1. The summed E-state index contributed by atoms with van der Waals surface area (Å²) in [6, 6.07) is 4.93. The summed E-state index contributed by atoms with van der Waals surface area (Å²) in [5.41, 5.74) is 7.97. The zero-order chi connectivity index (χ0) is 12.8. The van der Waals surface area contributed by atoms with Crippen LogP contribution < -0.4 is 5.73 Å². The highest BCUT2D eigenvalue weighted by Crippen LogP contribution is 2.30. The van der Waals surface area contributed by atoms with Gasteiger partial charge in [-0.05, 0) is 28.1 Å². The average molecular weight is 297 g/mol. The first-order valence-electron chi connectivity index (χ1n) is 5.35. The molecular weight excluding hydrogens is 283 g/mol. The van der Waals surface area contributed by atoms with Gasteiger partial charge in [0.1, 0.15) is 5.82 Å². The minimum absolute atomic E-state index is 0.105. The Morgan fingerprint density at radius 3 is 2.47 bits per heavy atom. The van der Waals surface area contributed by atoms with E-state index < -0.39 is 0 Å². The fourth-order valence-electron chi connectivity index (χ4n) is 1.63. The van der Waals surface area contributed by atoms with Crippen molar-refractivity contribution in [1.82, 2.24) is 4.98 Å². The molecule has 2 aromatic rings. The first kappa shape index (κ1) is 12.3. The SMILES string of the molecule is CC(C)(C)c1cc(N)c2cc(Br)c(F)cc2n1. The molecule has 1 heterocycles. The second-order valence-electron chi connectivity index (χ2n) is 5.13. The third-order valence-electron chi connectivity index (χ3n) is 2.65. The van der Waals surface area contributed by atoms with Crippen LogP contribution in [-0.4, -0.2) is 4.98 Å². The number of halogens is 2. The minimum atomic E-state index is -0.324. The summed E-state index contributed by atoms with van der Waals surface area (Å²) in [5.74, 6) is -0.324. The van der Waals surface area contributed by atoms with E-state index in [9.17, 15) is 4.39 Å². The summed E-state index contributed by atoms with van der Waals surface area (Å²) in [7, 11) is 0. The summed E-state index contributed by atoms with van der Waals surface area (Å²) < 4.78 is 13.9. The number of nitrogens with two attached hydrogens (primary N) is 1. The maximum atomic E-state index is 13.5. The molecule has 0 saturated heterocycles. The minimum Gasteiger partial charge on any atom is -0.398 e. The van der Waals surface area contributed by atoms with Gasteiger partial charge in [0, 0.05) is 28.2 Å². The van der Waals surface area contributed by atoms with Gasteiger partial charge in [-0.25, -0.2) is 4.39 Å². The molecule has 0 bridgehead atoms. The van der Waals surface area contributed by atoms with E-state index in [0.29, 0.717) is 15.7 Å². The van der Waals surface area contributed by atoms with Crippen molar-refractivity contribution in [2.24, 2.45) is 0 Å². The molecule has 4 heteroatoms. The molecule has 0 spiro atoms. The molecule has 1 aromatic heterocycles. The van der Waals surface area contributed by atoms with Crippen LogP contribution in [0.15, 0.2) is 22.7 Å². The highest BCUT2D eigenvalue weighted by Gasteiger charge is 2.17. The molecule has 0 saturated carbocycles. The number of hydrogen-bond donors (Lipinski definition) is 1. The second-order valence-corrected chi connectivity index (χ2v) is 5.98. The largest absolute Gasteiger partial charge is 0.398 e. The molecule has 1 aromatic carbocycles. The van der Waals surface area contributed by atoms with Crippen molar-refractivity contribution in [1.29, 1.82) is 0 Å². The van der Waals surface area contributed by atoms with Crippen LogP contribution in [0.4, 0.5) is 10.1 Å². The number of aromatic nitrogens is 1. The maximum absolute atomic E-state index is 13.5. The topological polar surface area (TPSA) is 38.9 Å². The zero-order valence-electron chi connectivity index (χ0n) is 10.0. The van der Waals surface area contributed by atoms with E-state index in [1.807, 2.05) is 6.07 Å². The fraction of sp³-hybridized carbons (Fsp3) is 0.308. The van der Waals surface area contributed by atoms with Crippen molar-refractivity contribution in [2.75, 3.05) is 5.73 Å².